The lowest BCUT2D eigenvalue weighted by Crippen LogP contribution is -2.57. The van der Waals surface area contributed by atoms with E-state index >= 15 is 0 Å². The maximum absolute atomic E-state index is 10.6. The van der Waals surface area contributed by atoms with Crippen LogP contribution in [0.2, 0.25) is 36.3 Å². The van der Waals surface area contributed by atoms with Crippen molar-refractivity contribution in [2.75, 3.05) is 45.5 Å². The summed E-state index contributed by atoms with van der Waals surface area (Å²) in [7, 11) is -3.95. The molecule has 0 aliphatic carbocycles. The van der Waals surface area contributed by atoms with Crippen LogP contribution in [0, 0.1) is 59.3 Å². The van der Waals surface area contributed by atoms with Gasteiger partial charge in [0.05, 0.1) is 67.5 Å². The molecule has 6 heterocycles. The van der Waals surface area contributed by atoms with E-state index in [0.29, 0.717) is 71.9 Å². The van der Waals surface area contributed by atoms with Gasteiger partial charge in [-0.3, -0.25) is 0 Å². The van der Waals surface area contributed by atoms with Crippen LogP contribution in [-0.4, -0.2) is 143 Å². The van der Waals surface area contributed by atoms with E-state index in [2.05, 4.69) is 214 Å². The predicted octanol–water partition coefficient (Wildman–Crippen LogP) is 25.5. The summed E-state index contributed by atoms with van der Waals surface area (Å²) >= 11 is 9.65. The highest BCUT2D eigenvalue weighted by Crippen LogP contribution is 2.50. The van der Waals surface area contributed by atoms with Crippen LogP contribution in [0.15, 0.2) is 176 Å². The number of halogens is 3. The Hall–Kier alpha value is -9.18. The largest absolute Gasteiger partial charge is 0.543 e. The van der Waals surface area contributed by atoms with Gasteiger partial charge in [-0.15, -0.1) is 39.5 Å². The Balaban J connectivity index is 0. The first-order valence-corrected chi connectivity index (χ1v) is 48.8. The zero-order valence-electron chi connectivity index (χ0n) is 77.0. The minimum absolute atomic E-state index is 0.0122. The summed E-state index contributed by atoms with van der Waals surface area (Å²) in [6.07, 6.45) is 10.1. The third kappa shape index (κ3) is 34.6. The van der Waals surface area contributed by atoms with Crippen molar-refractivity contribution in [3.63, 3.8) is 0 Å². The number of hydrogen-bond acceptors (Lipinski definition) is 18. The van der Waals surface area contributed by atoms with Crippen molar-refractivity contribution in [2.45, 2.75) is 200 Å². The van der Waals surface area contributed by atoms with Crippen LogP contribution in [0.3, 0.4) is 0 Å². The Morgan fingerprint density at radius 2 is 0.677 bits per heavy atom. The highest BCUT2D eigenvalue weighted by molar-refractivity contribution is 9.10. The Bertz CT molecular complexity index is 4350. The van der Waals surface area contributed by atoms with E-state index in [9.17, 15) is 29.1 Å². The highest BCUT2D eigenvalue weighted by Gasteiger charge is 2.54. The zero-order valence-corrected chi connectivity index (χ0v) is 83.8. The number of carboxylic acid groups (broad SMARTS) is 5. The van der Waals surface area contributed by atoms with Crippen LogP contribution < -0.4 is 8.85 Å². The molecule has 0 saturated carbocycles. The molecule has 10 N–H and O–H groups in total. The molecule has 4 bridgehead atoms. The fourth-order valence-corrected chi connectivity index (χ4v) is 13.5. The van der Waals surface area contributed by atoms with Crippen LogP contribution in [0.5, 0.6) is 40.2 Å². The number of benzene rings is 7. The zero-order chi connectivity index (χ0) is 96.6. The number of ether oxygens (including phenoxy) is 6. The Morgan fingerprint density at radius 1 is 0.427 bits per heavy atom. The molecular weight excluding hydrogens is 1820 g/mol. The van der Waals surface area contributed by atoms with Gasteiger partial charge in [-0.1, -0.05) is 179 Å². The fourth-order valence-electron chi connectivity index (χ4n) is 10.4. The average Bonchev–Trinajstić information content (AvgIpc) is 0.742. The average molecular weight is 1950 g/mol. The van der Waals surface area contributed by atoms with E-state index in [1.165, 1.54) is 84.9 Å². The Morgan fingerprint density at radius 3 is 0.927 bits per heavy atom. The lowest BCUT2D eigenvalue weighted by molar-refractivity contribution is -0.477. The molecule has 686 valence electrons. The lowest BCUT2D eigenvalue weighted by Gasteiger charge is -2.51. The van der Waals surface area contributed by atoms with Gasteiger partial charge in [0, 0.05) is 69.8 Å². The number of unbranched alkanes of at least 4 members (excludes halogenated alkanes) is 1. The van der Waals surface area contributed by atoms with Crippen LogP contribution in [0.1, 0.15) is 210 Å². The van der Waals surface area contributed by atoms with Gasteiger partial charge in [0.1, 0.15) is 40.2 Å². The molecule has 124 heavy (non-hydrogen) atoms. The number of carboxylic acids is 5. The van der Waals surface area contributed by atoms with Gasteiger partial charge in [0.2, 0.25) is 16.6 Å². The summed E-state index contributed by atoms with van der Waals surface area (Å²) < 4.78 is 51.4. The highest BCUT2D eigenvalue weighted by atomic mass is 79.9. The van der Waals surface area contributed by atoms with E-state index < -0.39 is 58.4 Å². The van der Waals surface area contributed by atoms with Crippen LogP contribution in [0.4, 0.5) is 0 Å². The topological polar surface area (TPSA) is 361 Å². The number of fused-ring (bicyclic) bond motifs is 6. The molecule has 0 unspecified atom stereocenters. The van der Waals surface area contributed by atoms with Gasteiger partial charge in [0.15, 0.2) is 0 Å². The quantitative estimate of drug-likeness (QED) is 0.0275. The van der Waals surface area contributed by atoms with Gasteiger partial charge in [0.25, 0.3) is 0 Å². The van der Waals surface area contributed by atoms with Crippen LogP contribution >= 0.6 is 47.8 Å². The summed E-state index contributed by atoms with van der Waals surface area (Å²) in [6.45, 7) is 71.3. The van der Waals surface area contributed by atoms with Crippen LogP contribution in [0.25, 0.3) is 6.08 Å². The van der Waals surface area contributed by atoms with E-state index in [1.807, 2.05) is 45.7 Å². The van der Waals surface area contributed by atoms with Gasteiger partial charge in [-0.25, -0.2) is 24.0 Å². The first-order valence-electron chi connectivity index (χ1n) is 39.8. The van der Waals surface area contributed by atoms with E-state index in [-0.39, 0.29) is 77.5 Å². The van der Waals surface area contributed by atoms with Crippen molar-refractivity contribution in [3.05, 3.63) is 259 Å². The molecule has 6 fully saturated rings. The molecule has 0 amide bonds. The Kier molecular flexibility index (Phi) is 50.9. The van der Waals surface area contributed by atoms with E-state index in [0.717, 1.165) is 56.6 Å². The lowest BCUT2D eigenvalue weighted by atomic mass is 9.90. The van der Waals surface area contributed by atoms with Gasteiger partial charge in [-0.05, 0) is 201 Å². The minimum atomic E-state index is -1.99. The summed E-state index contributed by atoms with van der Waals surface area (Å²) in [4.78, 5) is 52.4. The van der Waals surface area contributed by atoms with Crippen molar-refractivity contribution in [2.24, 2.45) is 10.8 Å². The van der Waals surface area contributed by atoms with Crippen molar-refractivity contribution < 1.29 is 112 Å². The summed E-state index contributed by atoms with van der Waals surface area (Å²) in [5.74, 6) is -3.68. The fraction of sp³-hybridized carbons (Fsp3) is 0.406. The molecule has 6 saturated heterocycles. The van der Waals surface area contributed by atoms with Crippen molar-refractivity contribution in [1.29, 1.82) is 0 Å². The molecule has 7 aromatic rings. The third-order valence-corrected chi connectivity index (χ3v) is 29.5. The van der Waals surface area contributed by atoms with Gasteiger partial charge in [-0.2, -0.15) is 0 Å². The van der Waals surface area contributed by atoms with Gasteiger partial charge < -0.3 is 88.3 Å². The molecule has 13 rings (SSSR count). The Labute approximate surface area is 762 Å². The number of aromatic carboxylic acids is 5. The van der Waals surface area contributed by atoms with E-state index in [1.54, 1.807) is 46.8 Å². The third-order valence-electron chi connectivity index (χ3n) is 19.9. The first-order chi connectivity index (χ1) is 57.6. The molecule has 0 aromatic heterocycles. The van der Waals surface area contributed by atoms with Crippen molar-refractivity contribution in [1.82, 2.24) is 0 Å². The number of hydrogen-bond donors (Lipinski definition) is 10. The molecule has 6 aliphatic rings. The molecule has 23 nitrogen and oxygen atoms in total. The number of rotatable bonds is 14. The number of carbonyl (C=O) groups is 5. The molecule has 0 atom stereocenters. The molecule has 7 aromatic carbocycles. The molecule has 28 heteroatoms. The van der Waals surface area contributed by atoms with Crippen molar-refractivity contribution in [3.8, 4) is 40.2 Å². The maximum Gasteiger partial charge on any atom is 0.336 e. The van der Waals surface area contributed by atoms with E-state index in [4.69, 9.17) is 83.2 Å². The summed E-state index contributed by atoms with van der Waals surface area (Å²) in [6, 6.07) is 28.9. The second-order valence-corrected chi connectivity index (χ2v) is 43.2. The second kappa shape index (κ2) is 54.0. The molecule has 0 radical (unpaired) electrons. The smallest absolute Gasteiger partial charge is 0.336 e. The van der Waals surface area contributed by atoms with Crippen molar-refractivity contribution >= 4 is 100 Å². The predicted molar refractivity (Wildman–Crippen MR) is 512 cm³/mol. The normalized spacial score (nSPS) is 17.2. The summed E-state index contributed by atoms with van der Waals surface area (Å²) in [5, 5.41) is 88.8. The standard InChI is InChI=1S/C24H38O4Si.C19H29BrO4Si.C8H7BrO3.4C8H8O3.2C3H6.C2H6.2C2H4.CH3Br/c1-9-10-11-12-19-13-20(24-25-15-23(6,16-26-24)17-27-24)18(2)21(14-19)28-29(7,8)22(3,4)5;1-13-15(19-21-10-18(5,11-22-19)12-23-19)8-14(20)9-16(13)24-25(6,7)17(2,3)4;1-4-6(8(11)12)2-5(9)3-7(4)10;4*1-5-6(8(10)11)3-2-4-7(5)9;2*1-3-2;4*1-2/h11-14H,9-10,15-17H2,1-8H3;8-9H,10-12H2,1-7H3;2-3,10H,1H3,(H,11,12);4*2-4,9H,1H3,(H,10,11);2*3H,1H2,2H3;1-2H3;2*1-2H2;1H3/b12-11-;;;;;;;;;;;;. The van der Waals surface area contributed by atoms with Gasteiger partial charge >= 0.3 is 41.8 Å². The van der Waals surface area contributed by atoms with Crippen LogP contribution in [-0.2, 0) is 40.4 Å². The monoisotopic (exact) mass is 1950 g/mol. The number of phenolic OH excluding ortho intramolecular Hbond substituents is 5. The number of aromatic hydroxyl groups is 5. The molecule has 6 aliphatic heterocycles. The number of alkyl halides is 1. The summed E-state index contributed by atoms with van der Waals surface area (Å²) in [5.41, 5.74) is 7.52. The SMILES string of the molecule is C=C.C=C.C=CC.C=CC.CBr.CC.CCC/C=C\c1cc(O[Si](C)(C)C(C)(C)C)c(C)c(C23OCC(C)(CO2)CO3)c1.Cc1c(O)cc(Br)cc1C(=O)O.Cc1c(O)cccc1C(=O)O.Cc1c(O)cccc1C(=O)O.Cc1c(O)cccc1C(=O)O.Cc1c(O)cccc1C(=O)O.Cc1c(O[Si](C)(C)C(C)(C)C)cc(Br)cc1C12OCC(C)(CO1)CO2. The maximum atomic E-state index is 10.6. The number of phenols is 5. The molecule has 0 spiro atoms. The number of allylic oxidation sites excluding steroid dienone is 3. The first kappa shape index (κ1) is 117. The molecular formula is C96H135Br3O23Si2. The minimum Gasteiger partial charge on any atom is -0.543 e. The second-order valence-electron chi connectivity index (χ2n) is 31.9.